The Morgan fingerprint density at radius 1 is 1.31 bits per heavy atom. The van der Waals surface area contributed by atoms with Crippen LogP contribution in [0, 0.1) is 12.3 Å². The molecule has 0 aliphatic carbocycles. The van der Waals surface area contributed by atoms with E-state index in [1.54, 1.807) is 0 Å². The van der Waals surface area contributed by atoms with E-state index in [9.17, 15) is 5.11 Å². The zero-order chi connectivity index (χ0) is 12.4. The number of hydrogen-bond acceptors (Lipinski definition) is 3. The molecule has 0 saturated carbocycles. The van der Waals surface area contributed by atoms with Crippen LogP contribution in [0.1, 0.15) is 33.6 Å². The molecule has 2 N–H and O–H groups in total. The molecule has 0 aromatic carbocycles. The minimum atomic E-state index is -0.313. The first-order valence-electron chi connectivity index (χ1n) is 6.25. The van der Waals surface area contributed by atoms with Crippen molar-refractivity contribution in [3.63, 3.8) is 0 Å². The molecule has 0 aliphatic rings. The van der Waals surface area contributed by atoms with E-state index < -0.39 is 0 Å². The van der Waals surface area contributed by atoms with E-state index in [0.717, 1.165) is 32.5 Å². The number of aliphatic hydroxyl groups excluding tert-OH is 1. The molecule has 0 spiro atoms. The first kappa shape index (κ1) is 15.4. The summed E-state index contributed by atoms with van der Waals surface area (Å²) in [5.41, 5.74) is 0. The van der Waals surface area contributed by atoms with Crippen molar-refractivity contribution in [3.05, 3.63) is 0 Å². The highest BCUT2D eigenvalue weighted by molar-refractivity contribution is 4.89. The van der Waals surface area contributed by atoms with E-state index in [1.165, 1.54) is 0 Å². The summed E-state index contributed by atoms with van der Waals surface area (Å²) in [6, 6.07) is 0.330. The highest BCUT2D eigenvalue weighted by Crippen LogP contribution is 1.97. The molecular formula is C13H26N2O. The zero-order valence-electron chi connectivity index (χ0n) is 10.9. The smallest absolute Gasteiger partial charge is 0.0791 e. The van der Waals surface area contributed by atoms with Gasteiger partial charge >= 0.3 is 0 Å². The van der Waals surface area contributed by atoms with Crippen molar-refractivity contribution >= 4 is 0 Å². The number of nitrogens with zero attached hydrogens (tertiary/aromatic N) is 1. The fourth-order valence-electron chi connectivity index (χ4n) is 1.65. The van der Waals surface area contributed by atoms with Crippen LogP contribution >= 0.6 is 0 Å². The Labute approximate surface area is 100 Å². The molecule has 3 heteroatoms. The molecule has 2 unspecified atom stereocenters. The Balaban J connectivity index is 3.78. The van der Waals surface area contributed by atoms with Gasteiger partial charge in [-0.15, -0.1) is 12.3 Å². The third kappa shape index (κ3) is 6.84. The Bertz CT molecular complexity index is 197. The lowest BCUT2D eigenvalue weighted by atomic mass is 10.1. The van der Waals surface area contributed by atoms with Gasteiger partial charge in [0.15, 0.2) is 0 Å². The van der Waals surface area contributed by atoms with Crippen LogP contribution in [0.3, 0.4) is 0 Å². The van der Waals surface area contributed by atoms with Crippen LogP contribution in [0.15, 0.2) is 0 Å². The molecule has 0 aliphatic heterocycles. The van der Waals surface area contributed by atoms with Gasteiger partial charge in [0.25, 0.3) is 0 Å². The fourth-order valence-corrected chi connectivity index (χ4v) is 1.65. The van der Waals surface area contributed by atoms with Gasteiger partial charge in [-0.25, -0.2) is 0 Å². The maximum absolute atomic E-state index is 9.84. The van der Waals surface area contributed by atoms with Gasteiger partial charge in [0.05, 0.1) is 6.10 Å². The Kier molecular flexibility index (Phi) is 9.31. The number of terminal acetylenes is 1. The normalized spacial score (nSPS) is 14.8. The van der Waals surface area contributed by atoms with Crippen LogP contribution in [0.2, 0.25) is 0 Å². The van der Waals surface area contributed by atoms with Crippen LogP contribution < -0.4 is 5.32 Å². The summed E-state index contributed by atoms with van der Waals surface area (Å²) in [7, 11) is 0. The highest BCUT2D eigenvalue weighted by Gasteiger charge is 2.11. The molecule has 2 atom stereocenters. The monoisotopic (exact) mass is 226 g/mol. The minimum absolute atomic E-state index is 0.313. The average Bonchev–Trinajstić information content (AvgIpc) is 2.31. The average molecular weight is 226 g/mol. The van der Waals surface area contributed by atoms with Crippen molar-refractivity contribution in [3.8, 4) is 12.3 Å². The number of aliphatic hydroxyl groups is 1. The quantitative estimate of drug-likeness (QED) is 0.578. The first-order valence-corrected chi connectivity index (χ1v) is 6.25. The van der Waals surface area contributed by atoms with Gasteiger partial charge in [-0.2, -0.15) is 0 Å². The number of nitrogens with one attached hydrogen (secondary N) is 1. The Hall–Kier alpha value is -0.560. The van der Waals surface area contributed by atoms with Gasteiger partial charge in [0.2, 0.25) is 0 Å². The molecule has 0 amide bonds. The molecule has 0 heterocycles. The van der Waals surface area contributed by atoms with E-state index in [-0.39, 0.29) is 6.10 Å². The fraction of sp³-hybridized carbons (Fsp3) is 0.846. The van der Waals surface area contributed by atoms with E-state index >= 15 is 0 Å². The summed E-state index contributed by atoms with van der Waals surface area (Å²) < 4.78 is 0. The van der Waals surface area contributed by atoms with Gasteiger partial charge < -0.3 is 15.3 Å². The molecule has 16 heavy (non-hydrogen) atoms. The van der Waals surface area contributed by atoms with Gasteiger partial charge in [-0.05, 0) is 19.5 Å². The lowest BCUT2D eigenvalue weighted by Gasteiger charge is -2.23. The van der Waals surface area contributed by atoms with Crippen molar-refractivity contribution in [1.29, 1.82) is 0 Å². The van der Waals surface area contributed by atoms with Crippen molar-refractivity contribution in [1.82, 2.24) is 10.2 Å². The summed E-state index contributed by atoms with van der Waals surface area (Å²) >= 11 is 0. The second-order valence-electron chi connectivity index (χ2n) is 4.06. The van der Waals surface area contributed by atoms with Gasteiger partial charge in [0, 0.05) is 25.6 Å². The van der Waals surface area contributed by atoms with Crippen LogP contribution in [-0.4, -0.2) is 48.3 Å². The molecule has 0 radical (unpaired) electrons. The van der Waals surface area contributed by atoms with E-state index in [4.69, 9.17) is 6.42 Å². The van der Waals surface area contributed by atoms with E-state index in [0.29, 0.717) is 12.6 Å². The zero-order valence-corrected chi connectivity index (χ0v) is 10.9. The minimum Gasteiger partial charge on any atom is -0.390 e. The predicted octanol–water partition coefficient (Wildman–Crippen LogP) is 1.08. The van der Waals surface area contributed by atoms with Crippen molar-refractivity contribution in [2.45, 2.75) is 45.8 Å². The van der Waals surface area contributed by atoms with Crippen molar-refractivity contribution < 1.29 is 5.11 Å². The lowest BCUT2D eigenvalue weighted by molar-refractivity contribution is 0.114. The van der Waals surface area contributed by atoms with Crippen LogP contribution in [0.5, 0.6) is 0 Å². The van der Waals surface area contributed by atoms with E-state index in [1.807, 2.05) is 0 Å². The molecule has 0 bridgehead atoms. The SMILES string of the molecule is C#CCC(CC)NCC(O)CN(CC)CC. The highest BCUT2D eigenvalue weighted by atomic mass is 16.3. The Morgan fingerprint density at radius 2 is 1.94 bits per heavy atom. The second-order valence-corrected chi connectivity index (χ2v) is 4.06. The summed E-state index contributed by atoms with van der Waals surface area (Å²) in [6.45, 7) is 9.63. The molecule has 0 aromatic heterocycles. The van der Waals surface area contributed by atoms with E-state index in [2.05, 4.69) is 36.9 Å². The summed E-state index contributed by atoms with van der Waals surface area (Å²) in [4.78, 5) is 2.22. The number of hydrogen-bond donors (Lipinski definition) is 2. The Morgan fingerprint density at radius 3 is 2.38 bits per heavy atom. The topological polar surface area (TPSA) is 35.5 Å². The largest absolute Gasteiger partial charge is 0.390 e. The molecule has 0 rings (SSSR count). The third-order valence-corrected chi connectivity index (χ3v) is 2.86. The predicted molar refractivity (Wildman–Crippen MR) is 69.3 cm³/mol. The van der Waals surface area contributed by atoms with Crippen molar-refractivity contribution in [2.24, 2.45) is 0 Å². The van der Waals surface area contributed by atoms with Crippen LogP contribution in [0.4, 0.5) is 0 Å². The van der Waals surface area contributed by atoms with Gasteiger partial charge in [-0.3, -0.25) is 0 Å². The van der Waals surface area contributed by atoms with Crippen LogP contribution in [0.25, 0.3) is 0 Å². The van der Waals surface area contributed by atoms with Crippen molar-refractivity contribution in [2.75, 3.05) is 26.2 Å². The number of likely N-dealkylation sites (N-methyl/N-ethyl adjacent to an activating group) is 1. The maximum atomic E-state index is 9.84. The lowest BCUT2D eigenvalue weighted by Crippen LogP contribution is -2.41. The molecule has 0 fully saturated rings. The standard InChI is InChI=1S/C13H26N2O/c1-5-9-12(6-2)14-10-13(16)11-15(7-3)8-4/h1,12-14,16H,6-11H2,2-4H3. The first-order chi connectivity index (χ1) is 7.67. The van der Waals surface area contributed by atoms with Gasteiger partial charge in [-0.1, -0.05) is 20.8 Å². The number of rotatable bonds is 9. The molecule has 3 nitrogen and oxygen atoms in total. The molecule has 0 saturated heterocycles. The van der Waals surface area contributed by atoms with Gasteiger partial charge in [0.1, 0.15) is 0 Å². The van der Waals surface area contributed by atoms with Crippen LogP contribution in [-0.2, 0) is 0 Å². The molecule has 0 aromatic rings. The third-order valence-electron chi connectivity index (χ3n) is 2.86. The maximum Gasteiger partial charge on any atom is 0.0791 e. The second kappa shape index (κ2) is 9.65. The summed E-state index contributed by atoms with van der Waals surface area (Å²) in [6.07, 6.45) is 6.69. The summed E-state index contributed by atoms with van der Waals surface area (Å²) in [5, 5.41) is 13.1. The molecular weight excluding hydrogens is 200 g/mol. The molecule has 94 valence electrons. The summed E-state index contributed by atoms with van der Waals surface area (Å²) in [5.74, 6) is 2.65.